The first-order valence-electron chi connectivity index (χ1n) is 9.75. The van der Waals surface area contributed by atoms with Crippen molar-refractivity contribution < 1.29 is 24.8 Å². The summed E-state index contributed by atoms with van der Waals surface area (Å²) in [4.78, 5) is 15.0. The predicted molar refractivity (Wildman–Crippen MR) is 115 cm³/mol. The van der Waals surface area contributed by atoms with E-state index in [0.29, 0.717) is 17.7 Å². The van der Waals surface area contributed by atoms with E-state index in [9.17, 15) is 20.1 Å². The number of hydrogen-bond donors (Lipinski definition) is 4. The molecule has 0 saturated carbocycles. The molecular weight excluding hydrogens is 420 g/mol. The van der Waals surface area contributed by atoms with Crippen molar-refractivity contribution in [2.45, 2.75) is 31.0 Å². The van der Waals surface area contributed by atoms with E-state index < -0.39 is 36.8 Å². The lowest BCUT2D eigenvalue weighted by molar-refractivity contribution is -0.0551. The Kier molecular flexibility index (Phi) is 6.30. The van der Waals surface area contributed by atoms with Crippen molar-refractivity contribution in [1.29, 1.82) is 0 Å². The van der Waals surface area contributed by atoms with E-state index >= 15 is 0 Å². The summed E-state index contributed by atoms with van der Waals surface area (Å²) in [5.41, 5.74) is 1.01. The highest BCUT2D eigenvalue weighted by molar-refractivity contribution is 7.71. The van der Waals surface area contributed by atoms with Gasteiger partial charge in [-0.15, -0.1) is 0 Å². The van der Waals surface area contributed by atoms with Crippen LogP contribution in [0.3, 0.4) is 0 Å². The van der Waals surface area contributed by atoms with Crippen LogP contribution in [0.15, 0.2) is 65.6 Å². The Morgan fingerprint density at radius 2 is 1.71 bits per heavy atom. The number of H-pyrrole nitrogens is 1. The zero-order chi connectivity index (χ0) is 22.0. The maximum Gasteiger partial charge on any atom is 0.328 e. The Morgan fingerprint density at radius 1 is 1.03 bits per heavy atom. The van der Waals surface area contributed by atoms with Crippen LogP contribution in [0.1, 0.15) is 17.4 Å². The summed E-state index contributed by atoms with van der Waals surface area (Å²) in [5, 5.41) is 29.5. The number of aliphatic hydroxyl groups excluding tert-OH is 3. The van der Waals surface area contributed by atoms with Crippen molar-refractivity contribution in [2.24, 2.45) is 0 Å². The normalized spacial score (nSPS) is 23.1. The molecule has 0 aliphatic carbocycles. The van der Waals surface area contributed by atoms with Crippen LogP contribution >= 0.6 is 12.2 Å². The van der Waals surface area contributed by atoms with E-state index in [1.807, 2.05) is 54.6 Å². The summed E-state index contributed by atoms with van der Waals surface area (Å²) in [7, 11) is 0. The van der Waals surface area contributed by atoms with Crippen molar-refractivity contribution in [1.82, 2.24) is 9.55 Å². The standard InChI is InChI=1S/C22H22N2O6S/c25-12-17-18(26)19(27)21(30-17)24-11-14(20(31)23-22(24)28)10-13-6-8-16(9-7-13)29-15-4-2-1-3-5-15/h1-9,11,17-19,21,25-27H,10,12H2,(H,23,28,31)/t17-,18-,19-,21-/m1/s1. The molecule has 4 N–H and O–H groups in total. The molecule has 1 saturated heterocycles. The number of aromatic nitrogens is 2. The highest BCUT2D eigenvalue weighted by Gasteiger charge is 2.43. The summed E-state index contributed by atoms with van der Waals surface area (Å²) < 4.78 is 12.7. The van der Waals surface area contributed by atoms with Gasteiger partial charge in [-0.2, -0.15) is 0 Å². The monoisotopic (exact) mass is 442 g/mol. The quantitative estimate of drug-likeness (QED) is 0.431. The molecule has 3 aromatic rings. The lowest BCUT2D eigenvalue weighted by atomic mass is 10.1. The van der Waals surface area contributed by atoms with Crippen LogP contribution in [0.4, 0.5) is 0 Å². The molecule has 9 heteroatoms. The number of nitrogens with zero attached hydrogens (tertiary/aromatic N) is 1. The number of nitrogens with one attached hydrogen (secondary N) is 1. The van der Waals surface area contributed by atoms with Gasteiger partial charge >= 0.3 is 5.69 Å². The molecule has 0 radical (unpaired) electrons. The van der Waals surface area contributed by atoms with E-state index in [-0.39, 0.29) is 4.64 Å². The predicted octanol–water partition coefficient (Wildman–Crippen LogP) is 1.90. The van der Waals surface area contributed by atoms with Gasteiger partial charge in [-0.3, -0.25) is 9.55 Å². The minimum Gasteiger partial charge on any atom is -0.457 e. The number of ether oxygens (including phenoxy) is 2. The fourth-order valence-electron chi connectivity index (χ4n) is 3.47. The first kappa shape index (κ1) is 21.4. The van der Waals surface area contributed by atoms with Crippen LogP contribution in [0, 0.1) is 4.64 Å². The second-order valence-electron chi connectivity index (χ2n) is 7.29. The fourth-order valence-corrected chi connectivity index (χ4v) is 3.68. The number of rotatable bonds is 6. The molecule has 31 heavy (non-hydrogen) atoms. The summed E-state index contributed by atoms with van der Waals surface area (Å²) in [5.74, 6) is 1.43. The van der Waals surface area contributed by atoms with E-state index in [4.69, 9.17) is 21.7 Å². The molecule has 1 aromatic heterocycles. The Labute approximate surface area is 183 Å². The zero-order valence-corrected chi connectivity index (χ0v) is 17.2. The maximum absolute atomic E-state index is 12.4. The maximum atomic E-state index is 12.4. The van der Waals surface area contributed by atoms with Gasteiger partial charge in [-0.05, 0) is 29.8 Å². The average Bonchev–Trinajstić information content (AvgIpc) is 3.06. The van der Waals surface area contributed by atoms with E-state index in [1.165, 1.54) is 6.20 Å². The second-order valence-corrected chi connectivity index (χ2v) is 7.69. The Balaban J connectivity index is 1.54. The second kappa shape index (κ2) is 9.13. The van der Waals surface area contributed by atoms with Crippen LogP contribution in [0.2, 0.25) is 0 Å². The van der Waals surface area contributed by atoms with Crippen LogP contribution in [-0.2, 0) is 11.2 Å². The van der Waals surface area contributed by atoms with Crippen LogP contribution in [-0.4, -0.2) is 49.8 Å². The van der Waals surface area contributed by atoms with Gasteiger partial charge in [-0.25, -0.2) is 4.79 Å². The number of aliphatic hydroxyl groups is 3. The molecule has 1 aliphatic rings. The van der Waals surface area contributed by atoms with Crippen molar-refractivity contribution in [3.63, 3.8) is 0 Å². The third-order valence-electron chi connectivity index (χ3n) is 5.13. The number of aromatic amines is 1. The van der Waals surface area contributed by atoms with Crippen LogP contribution in [0.25, 0.3) is 0 Å². The van der Waals surface area contributed by atoms with E-state index in [0.717, 1.165) is 15.9 Å². The first-order valence-corrected chi connectivity index (χ1v) is 10.2. The van der Waals surface area contributed by atoms with Gasteiger partial charge in [0.05, 0.1) is 6.61 Å². The number of para-hydroxylation sites is 1. The zero-order valence-electron chi connectivity index (χ0n) is 16.4. The molecule has 1 fully saturated rings. The summed E-state index contributed by atoms with van der Waals surface area (Å²) >= 11 is 5.30. The fraction of sp³-hybridized carbons (Fsp3) is 0.273. The molecule has 8 nitrogen and oxygen atoms in total. The lowest BCUT2D eigenvalue weighted by Gasteiger charge is -2.18. The Bertz CT molecular complexity index is 1150. The van der Waals surface area contributed by atoms with Gasteiger partial charge in [0.25, 0.3) is 0 Å². The van der Waals surface area contributed by atoms with Gasteiger partial charge in [0.2, 0.25) is 0 Å². The third kappa shape index (κ3) is 4.60. The van der Waals surface area contributed by atoms with Gasteiger partial charge in [0.1, 0.15) is 34.5 Å². The van der Waals surface area contributed by atoms with Crippen molar-refractivity contribution >= 4 is 12.2 Å². The molecule has 1 aliphatic heterocycles. The summed E-state index contributed by atoms with van der Waals surface area (Å²) in [6.45, 7) is -0.476. The molecule has 2 aromatic carbocycles. The number of hydrogen-bond acceptors (Lipinski definition) is 7. The molecule has 0 amide bonds. The Morgan fingerprint density at radius 3 is 2.35 bits per heavy atom. The van der Waals surface area contributed by atoms with Gasteiger partial charge in [0, 0.05) is 18.2 Å². The number of benzene rings is 2. The molecule has 0 bridgehead atoms. The highest BCUT2D eigenvalue weighted by atomic mass is 32.1. The van der Waals surface area contributed by atoms with Gasteiger partial charge in [-0.1, -0.05) is 42.5 Å². The average molecular weight is 442 g/mol. The SMILES string of the molecule is O=c1[nH]c(=S)c(Cc2ccc(Oc3ccccc3)cc2)cn1[C@@H]1O[C@H](CO)[C@@H](O)[C@H]1O. The molecular formula is C22H22N2O6S. The molecule has 2 heterocycles. The minimum atomic E-state index is -1.36. The first-order chi connectivity index (χ1) is 15.0. The summed E-state index contributed by atoms with van der Waals surface area (Å²) in [6, 6.07) is 16.9. The van der Waals surface area contributed by atoms with Crippen molar-refractivity contribution in [3.8, 4) is 11.5 Å². The molecule has 0 spiro atoms. The van der Waals surface area contributed by atoms with E-state index in [1.54, 1.807) is 0 Å². The smallest absolute Gasteiger partial charge is 0.328 e. The van der Waals surface area contributed by atoms with Crippen molar-refractivity contribution in [3.05, 3.63) is 87.0 Å². The largest absolute Gasteiger partial charge is 0.457 e. The van der Waals surface area contributed by atoms with Gasteiger partial charge in [0.15, 0.2) is 6.23 Å². The topological polar surface area (TPSA) is 117 Å². The molecule has 4 atom stereocenters. The van der Waals surface area contributed by atoms with Crippen LogP contribution in [0.5, 0.6) is 11.5 Å². The summed E-state index contributed by atoms with van der Waals surface area (Å²) in [6.07, 6.45) is -2.83. The molecule has 4 rings (SSSR count). The molecule has 162 valence electrons. The van der Waals surface area contributed by atoms with Gasteiger partial charge < -0.3 is 24.8 Å². The van der Waals surface area contributed by atoms with Crippen LogP contribution < -0.4 is 10.4 Å². The minimum absolute atomic E-state index is 0.276. The molecule has 0 unspecified atom stereocenters. The Hall–Kier alpha value is -2.82. The lowest BCUT2D eigenvalue weighted by Crippen LogP contribution is -2.36. The highest BCUT2D eigenvalue weighted by Crippen LogP contribution is 2.28. The van der Waals surface area contributed by atoms with E-state index in [2.05, 4.69) is 4.98 Å². The van der Waals surface area contributed by atoms with Crippen molar-refractivity contribution in [2.75, 3.05) is 6.61 Å². The third-order valence-corrected chi connectivity index (χ3v) is 5.49.